The molecule has 0 aromatic heterocycles. The minimum Gasteiger partial charge on any atom is -0.373 e. The molecule has 0 spiro atoms. The average Bonchev–Trinajstić information content (AvgIpc) is 2.58. The zero-order valence-electron chi connectivity index (χ0n) is 14.4. The number of sulfone groups is 1. The molecule has 5 nitrogen and oxygen atoms in total. The van der Waals surface area contributed by atoms with Crippen molar-refractivity contribution in [2.75, 3.05) is 5.32 Å². The van der Waals surface area contributed by atoms with Crippen molar-refractivity contribution >= 4 is 21.4 Å². The number of halogens is 5. The van der Waals surface area contributed by atoms with Crippen LogP contribution >= 0.6 is 0 Å². The van der Waals surface area contributed by atoms with Crippen LogP contribution in [0.1, 0.15) is 12.5 Å². The number of benzene rings is 2. The van der Waals surface area contributed by atoms with E-state index in [0.29, 0.717) is 0 Å². The van der Waals surface area contributed by atoms with Gasteiger partial charge in [0.1, 0.15) is 16.5 Å². The molecule has 0 heterocycles. The highest BCUT2D eigenvalue weighted by atomic mass is 32.2. The van der Waals surface area contributed by atoms with Gasteiger partial charge in [0.25, 0.3) is 5.91 Å². The first-order valence-electron chi connectivity index (χ1n) is 7.60. The number of carbonyl (C=O) groups excluding carboxylic acids is 1. The number of anilines is 1. The molecule has 0 aliphatic heterocycles. The van der Waals surface area contributed by atoms with Gasteiger partial charge >= 0.3 is 6.18 Å². The van der Waals surface area contributed by atoms with Crippen LogP contribution in [0, 0.1) is 18.6 Å². The Balaban J connectivity index is 2.43. The summed E-state index contributed by atoms with van der Waals surface area (Å²) in [6.45, 7) is 1.26. The van der Waals surface area contributed by atoms with Crippen LogP contribution in [0.5, 0.6) is 0 Å². The molecule has 1 atom stereocenters. The number of aliphatic hydroxyl groups is 1. The van der Waals surface area contributed by atoms with Gasteiger partial charge in [-0.15, -0.1) is 0 Å². The number of hydrogen-bond donors (Lipinski definition) is 2. The maximum absolute atomic E-state index is 14.6. The smallest absolute Gasteiger partial charge is 0.373 e. The molecule has 2 aromatic carbocycles. The standard InChI is InChI=1S/C17H14F5NO4S/c1-9-12(23-15(24)16(2,25)17(20,21)22)7-8-13(14(9)19)28(26,27)11-5-3-10(18)4-6-11/h3-8,25H,1-2H3,(H,23,24). The molecule has 152 valence electrons. The largest absolute Gasteiger partial charge is 0.426 e. The van der Waals surface area contributed by atoms with Crippen molar-refractivity contribution in [2.24, 2.45) is 0 Å². The fourth-order valence-corrected chi connectivity index (χ4v) is 3.50. The first kappa shape index (κ1) is 21.8. The normalized spacial score (nSPS) is 14.4. The van der Waals surface area contributed by atoms with Crippen molar-refractivity contribution in [3.8, 4) is 0 Å². The van der Waals surface area contributed by atoms with Crippen LogP contribution in [0.2, 0.25) is 0 Å². The molecule has 1 amide bonds. The van der Waals surface area contributed by atoms with Gasteiger partial charge in [-0.2, -0.15) is 13.2 Å². The molecule has 0 aliphatic rings. The third-order valence-corrected chi connectivity index (χ3v) is 5.79. The molecular weight excluding hydrogens is 409 g/mol. The number of nitrogens with one attached hydrogen (secondary N) is 1. The Morgan fingerprint density at radius 3 is 2.07 bits per heavy atom. The molecule has 0 aliphatic carbocycles. The predicted octanol–water partition coefficient (Wildman–Crippen LogP) is 3.36. The monoisotopic (exact) mass is 423 g/mol. The van der Waals surface area contributed by atoms with Crippen LogP contribution in [0.4, 0.5) is 27.6 Å². The SMILES string of the molecule is Cc1c(NC(=O)C(C)(O)C(F)(F)F)ccc(S(=O)(=O)c2ccc(F)cc2)c1F. The third-order valence-electron chi connectivity index (χ3n) is 4.01. The van der Waals surface area contributed by atoms with Gasteiger partial charge < -0.3 is 10.4 Å². The highest BCUT2D eigenvalue weighted by molar-refractivity contribution is 7.91. The fraction of sp³-hybridized carbons (Fsp3) is 0.235. The second kappa shape index (κ2) is 7.13. The van der Waals surface area contributed by atoms with Crippen molar-refractivity contribution in [2.45, 2.75) is 35.4 Å². The van der Waals surface area contributed by atoms with E-state index in [2.05, 4.69) is 0 Å². The Hall–Kier alpha value is -2.53. The Morgan fingerprint density at radius 2 is 1.57 bits per heavy atom. The topological polar surface area (TPSA) is 83.5 Å². The summed E-state index contributed by atoms with van der Waals surface area (Å²) < 4.78 is 90.7. The van der Waals surface area contributed by atoms with Crippen LogP contribution in [-0.4, -0.2) is 31.2 Å². The van der Waals surface area contributed by atoms with E-state index >= 15 is 0 Å². The van der Waals surface area contributed by atoms with Crippen LogP contribution in [0.25, 0.3) is 0 Å². The van der Waals surface area contributed by atoms with Crippen LogP contribution < -0.4 is 5.32 Å². The van der Waals surface area contributed by atoms with Crippen molar-refractivity contribution in [3.05, 3.63) is 53.6 Å². The summed E-state index contributed by atoms with van der Waals surface area (Å²) in [5.74, 6) is -3.88. The quantitative estimate of drug-likeness (QED) is 0.584. The summed E-state index contributed by atoms with van der Waals surface area (Å²) in [6.07, 6.45) is -5.28. The summed E-state index contributed by atoms with van der Waals surface area (Å²) >= 11 is 0. The molecule has 2 aromatic rings. The summed E-state index contributed by atoms with van der Waals surface area (Å²) in [4.78, 5) is 10.5. The minimum absolute atomic E-state index is 0.224. The van der Waals surface area contributed by atoms with Crippen LogP contribution in [0.15, 0.2) is 46.2 Å². The molecule has 0 fully saturated rings. The number of rotatable bonds is 4. The Labute approximate surface area is 156 Å². The van der Waals surface area contributed by atoms with E-state index in [1.165, 1.54) is 0 Å². The molecular formula is C17H14F5NO4S. The Bertz CT molecular complexity index is 1020. The second-order valence-electron chi connectivity index (χ2n) is 6.03. The lowest BCUT2D eigenvalue weighted by Gasteiger charge is -2.25. The number of carbonyl (C=O) groups is 1. The highest BCUT2D eigenvalue weighted by Gasteiger charge is 2.55. The molecule has 2 rings (SSSR count). The van der Waals surface area contributed by atoms with E-state index in [9.17, 15) is 40.3 Å². The lowest BCUT2D eigenvalue weighted by Crippen LogP contribution is -2.52. The van der Waals surface area contributed by atoms with Gasteiger partial charge in [0.05, 0.1) is 4.90 Å². The Morgan fingerprint density at radius 1 is 1.04 bits per heavy atom. The van der Waals surface area contributed by atoms with Gasteiger partial charge in [-0.3, -0.25) is 4.79 Å². The molecule has 2 N–H and O–H groups in total. The maximum Gasteiger partial charge on any atom is 0.426 e. The minimum atomic E-state index is -5.28. The lowest BCUT2D eigenvalue weighted by atomic mass is 10.1. The molecule has 0 radical (unpaired) electrons. The van der Waals surface area contributed by atoms with E-state index in [1.54, 1.807) is 5.32 Å². The van der Waals surface area contributed by atoms with E-state index in [-0.39, 0.29) is 6.92 Å². The van der Waals surface area contributed by atoms with E-state index < -0.39 is 60.2 Å². The molecule has 0 saturated heterocycles. The summed E-state index contributed by atoms with van der Waals surface area (Å²) in [6, 6.07) is 5.22. The molecule has 28 heavy (non-hydrogen) atoms. The fourth-order valence-electron chi connectivity index (χ4n) is 2.12. The van der Waals surface area contributed by atoms with Gasteiger partial charge in [0.15, 0.2) is 0 Å². The van der Waals surface area contributed by atoms with Crippen molar-refractivity contribution in [1.29, 1.82) is 0 Å². The van der Waals surface area contributed by atoms with Gasteiger partial charge in [-0.25, -0.2) is 17.2 Å². The maximum atomic E-state index is 14.6. The average molecular weight is 423 g/mol. The highest BCUT2D eigenvalue weighted by Crippen LogP contribution is 2.33. The molecule has 0 saturated carbocycles. The predicted molar refractivity (Wildman–Crippen MR) is 88.3 cm³/mol. The summed E-state index contributed by atoms with van der Waals surface area (Å²) in [5.41, 5.74) is -4.66. The zero-order chi connectivity index (χ0) is 21.5. The first-order chi connectivity index (χ1) is 12.7. The van der Waals surface area contributed by atoms with E-state index in [0.717, 1.165) is 43.3 Å². The van der Waals surface area contributed by atoms with E-state index in [4.69, 9.17) is 0 Å². The summed E-state index contributed by atoms with van der Waals surface area (Å²) in [7, 11) is -4.39. The first-order valence-corrected chi connectivity index (χ1v) is 9.08. The second-order valence-corrected chi connectivity index (χ2v) is 7.95. The van der Waals surface area contributed by atoms with Gasteiger partial charge in [-0.1, -0.05) is 0 Å². The van der Waals surface area contributed by atoms with Crippen molar-refractivity contribution < 1.29 is 40.3 Å². The molecule has 1 unspecified atom stereocenters. The van der Waals surface area contributed by atoms with Gasteiger partial charge in [0, 0.05) is 11.3 Å². The number of hydrogen-bond acceptors (Lipinski definition) is 4. The Kier molecular flexibility index (Phi) is 5.55. The van der Waals surface area contributed by atoms with Crippen molar-refractivity contribution in [3.63, 3.8) is 0 Å². The third kappa shape index (κ3) is 3.85. The number of alkyl halides is 3. The van der Waals surface area contributed by atoms with Crippen molar-refractivity contribution in [1.82, 2.24) is 0 Å². The lowest BCUT2D eigenvalue weighted by molar-refractivity contribution is -0.242. The van der Waals surface area contributed by atoms with E-state index in [1.807, 2.05) is 0 Å². The van der Waals surface area contributed by atoms with Crippen LogP contribution in [-0.2, 0) is 14.6 Å². The molecule has 0 bridgehead atoms. The van der Waals surface area contributed by atoms with Gasteiger partial charge in [-0.05, 0) is 50.2 Å². The van der Waals surface area contributed by atoms with Gasteiger partial charge in [0.2, 0.25) is 15.4 Å². The summed E-state index contributed by atoms with van der Waals surface area (Å²) in [5, 5.41) is 11.1. The molecule has 11 heteroatoms. The van der Waals surface area contributed by atoms with Crippen LogP contribution in [0.3, 0.4) is 0 Å². The zero-order valence-corrected chi connectivity index (χ0v) is 15.3. The number of amides is 1.